The SMILES string of the molecule is CC(NCC1CCC(=O)N1)c1ccc(C#N)cc1. The Morgan fingerprint density at radius 3 is 2.78 bits per heavy atom. The predicted molar refractivity (Wildman–Crippen MR) is 68.7 cm³/mol. The first kappa shape index (κ1) is 12.6. The van der Waals surface area contributed by atoms with Gasteiger partial charge in [-0.2, -0.15) is 5.26 Å². The summed E-state index contributed by atoms with van der Waals surface area (Å²) in [5.41, 5.74) is 1.83. The summed E-state index contributed by atoms with van der Waals surface area (Å²) in [6.07, 6.45) is 1.55. The molecule has 1 aromatic rings. The first-order chi connectivity index (χ1) is 8.69. The summed E-state index contributed by atoms with van der Waals surface area (Å²) in [4.78, 5) is 11.1. The van der Waals surface area contributed by atoms with Crippen LogP contribution in [-0.2, 0) is 4.79 Å². The molecule has 0 bridgehead atoms. The molecule has 1 aliphatic heterocycles. The molecule has 0 spiro atoms. The van der Waals surface area contributed by atoms with Gasteiger partial charge in [0.05, 0.1) is 11.6 Å². The van der Waals surface area contributed by atoms with Crippen molar-refractivity contribution in [3.63, 3.8) is 0 Å². The third-order valence-electron chi connectivity index (χ3n) is 3.30. The average Bonchev–Trinajstić information content (AvgIpc) is 2.82. The van der Waals surface area contributed by atoms with Crippen LogP contribution in [0.1, 0.15) is 36.9 Å². The molecule has 0 saturated carbocycles. The summed E-state index contributed by atoms with van der Waals surface area (Å²) in [5.74, 6) is 0.146. The lowest BCUT2D eigenvalue weighted by Gasteiger charge is -2.17. The molecule has 1 saturated heterocycles. The van der Waals surface area contributed by atoms with E-state index in [2.05, 4.69) is 23.6 Å². The van der Waals surface area contributed by atoms with Gasteiger partial charge in [-0.15, -0.1) is 0 Å². The number of nitrogens with zero attached hydrogens (tertiary/aromatic N) is 1. The quantitative estimate of drug-likeness (QED) is 0.842. The van der Waals surface area contributed by atoms with Crippen molar-refractivity contribution < 1.29 is 4.79 Å². The lowest BCUT2D eigenvalue weighted by Crippen LogP contribution is -2.36. The van der Waals surface area contributed by atoms with Crippen molar-refractivity contribution in [1.82, 2.24) is 10.6 Å². The Kier molecular flexibility index (Phi) is 3.96. The molecule has 1 heterocycles. The molecule has 1 fully saturated rings. The molecule has 1 aromatic carbocycles. The zero-order valence-electron chi connectivity index (χ0n) is 10.4. The Bertz CT molecular complexity index is 461. The lowest BCUT2D eigenvalue weighted by atomic mass is 10.1. The van der Waals surface area contributed by atoms with Crippen LogP contribution in [0.3, 0.4) is 0 Å². The van der Waals surface area contributed by atoms with Crippen LogP contribution < -0.4 is 10.6 Å². The highest BCUT2D eigenvalue weighted by molar-refractivity contribution is 5.78. The Morgan fingerprint density at radius 1 is 1.50 bits per heavy atom. The maximum Gasteiger partial charge on any atom is 0.220 e. The number of carbonyl (C=O) groups excluding carboxylic acids is 1. The van der Waals surface area contributed by atoms with Crippen LogP contribution in [0.4, 0.5) is 0 Å². The number of rotatable bonds is 4. The topological polar surface area (TPSA) is 64.9 Å². The molecule has 1 aliphatic rings. The highest BCUT2D eigenvalue weighted by atomic mass is 16.1. The molecule has 94 valence electrons. The second-order valence-corrected chi connectivity index (χ2v) is 4.67. The number of nitriles is 1. The van der Waals surface area contributed by atoms with Crippen molar-refractivity contribution >= 4 is 5.91 Å². The van der Waals surface area contributed by atoms with E-state index in [1.807, 2.05) is 24.3 Å². The molecule has 2 N–H and O–H groups in total. The van der Waals surface area contributed by atoms with Crippen molar-refractivity contribution in [3.05, 3.63) is 35.4 Å². The normalized spacial score (nSPS) is 20.2. The van der Waals surface area contributed by atoms with Crippen molar-refractivity contribution in [2.75, 3.05) is 6.54 Å². The van der Waals surface area contributed by atoms with E-state index in [0.717, 1.165) is 18.5 Å². The molecule has 18 heavy (non-hydrogen) atoms. The van der Waals surface area contributed by atoms with Gasteiger partial charge >= 0.3 is 0 Å². The maximum atomic E-state index is 11.1. The van der Waals surface area contributed by atoms with Crippen molar-refractivity contribution in [3.8, 4) is 6.07 Å². The van der Waals surface area contributed by atoms with Crippen LogP contribution in [0, 0.1) is 11.3 Å². The molecule has 2 unspecified atom stereocenters. The Labute approximate surface area is 107 Å². The second-order valence-electron chi connectivity index (χ2n) is 4.67. The minimum Gasteiger partial charge on any atom is -0.352 e. The molecule has 0 aliphatic carbocycles. The first-order valence-electron chi connectivity index (χ1n) is 6.22. The van der Waals surface area contributed by atoms with Gasteiger partial charge < -0.3 is 10.6 Å². The Hall–Kier alpha value is -1.86. The van der Waals surface area contributed by atoms with Crippen molar-refractivity contribution in [1.29, 1.82) is 5.26 Å². The summed E-state index contributed by atoms with van der Waals surface area (Å²) in [7, 11) is 0. The number of hydrogen-bond acceptors (Lipinski definition) is 3. The molecule has 0 aromatic heterocycles. The van der Waals surface area contributed by atoms with E-state index in [4.69, 9.17) is 5.26 Å². The second kappa shape index (κ2) is 5.65. The zero-order valence-corrected chi connectivity index (χ0v) is 10.4. The van der Waals surface area contributed by atoms with E-state index in [9.17, 15) is 4.79 Å². The zero-order chi connectivity index (χ0) is 13.0. The van der Waals surface area contributed by atoms with Crippen LogP contribution in [0.15, 0.2) is 24.3 Å². The van der Waals surface area contributed by atoms with Crippen molar-refractivity contribution in [2.24, 2.45) is 0 Å². The van der Waals surface area contributed by atoms with E-state index in [-0.39, 0.29) is 18.0 Å². The van der Waals surface area contributed by atoms with Gasteiger partial charge in [0.25, 0.3) is 0 Å². The lowest BCUT2D eigenvalue weighted by molar-refractivity contribution is -0.119. The van der Waals surface area contributed by atoms with Crippen LogP contribution >= 0.6 is 0 Å². The summed E-state index contributed by atoms with van der Waals surface area (Å²) in [6.45, 7) is 2.87. The van der Waals surface area contributed by atoms with E-state index >= 15 is 0 Å². The molecular weight excluding hydrogens is 226 g/mol. The van der Waals surface area contributed by atoms with E-state index in [1.54, 1.807) is 0 Å². The smallest absolute Gasteiger partial charge is 0.220 e. The number of carbonyl (C=O) groups is 1. The Morgan fingerprint density at radius 2 is 2.22 bits per heavy atom. The fourth-order valence-corrected chi connectivity index (χ4v) is 2.11. The molecule has 0 radical (unpaired) electrons. The minimum absolute atomic E-state index is 0.146. The fraction of sp³-hybridized carbons (Fsp3) is 0.429. The van der Waals surface area contributed by atoms with Gasteiger partial charge in [-0.25, -0.2) is 0 Å². The highest BCUT2D eigenvalue weighted by Gasteiger charge is 2.20. The van der Waals surface area contributed by atoms with Crippen LogP contribution in [0.5, 0.6) is 0 Å². The third-order valence-corrected chi connectivity index (χ3v) is 3.30. The van der Waals surface area contributed by atoms with Crippen LogP contribution in [0.25, 0.3) is 0 Å². The van der Waals surface area contributed by atoms with E-state index < -0.39 is 0 Å². The maximum absolute atomic E-state index is 11.1. The van der Waals surface area contributed by atoms with Gasteiger partial charge in [0.15, 0.2) is 0 Å². The summed E-state index contributed by atoms with van der Waals surface area (Å²) in [6, 6.07) is 10.1. The summed E-state index contributed by atoms with van der Waals surface area (Å²) in [5, 5.41) is 15.1. The Balaban J connectivity index is 1.85. The molecule has 2 rings (SSSR count). The number of amides is 1. The number of benzene rings is 1. The number of nitrogens with one attached hydrogen (secondary N) is 2. The first-order valence-corrected chi connectivity index (χ1v) is 6.22. The van der Waals surface area contributed by atoms with Gasteiger partial charge in [0.2, 0.25) is 5.91 Å². The molecule has 1 amide bonds. The molecule has 4 nitrogen and oxygen atoms in total. The van der Waals surface area contributed by atoms with Gasteiger partial charge in [0, 0.05) is 25.0 Å². The van der Waals surface area contributed by atoms with Gasteiger partial charge in [0.1, 0.15) is 0 Å². The van der Waals surface area contributed by atoms with E-state index in [1.165, 1.54) is 0 Å². The van der Waals surface area contributed by atoms with Crippen molar-refractivity contribution in [2.45, 2.75) is 31.8 Å². The standard InChI is InChI=1S/C14H17N3O/c1-10(12-4-2-11(8-15)3-5-12)16-9-13-6-7-14(18)17-13/h2-5,10,13,16H,6-7,9H2,1H3,(H,17,18). The minimum atomic E-state index is 0.146. The predicted octanol–water partition coefficient (Wildman–Crippen LogP) is 1.49. The average molecular weight is 243 g/mol. The van der Waals surface area contributed by atoms with Gasteiger partial charge in [-0.05, 0) is 31.0 Å². The highest BCUT2D eigenvalue weighted by Crippen LogP contribution is 2.14. The van der Waals surface area contributed by atoms with Gasteiger partial charge in [-0.1, -0.05) is 12.1 Å². The fourth-order valence-electron chi connectivity index (χ4n) is 2.11. The molecular formula is C14H17N3O. The monoisotopic (exact) mass is 243 g/mol. The largest absolute Gasteiger partial charge is 0.352 e. The third kappa shape index (κ3) is 3.08. The summed E-state index contributed by atoms with van der Waals surface area (Å²) < 4.78 is 0. The van der Waals surface area contributed by atoms with Crippen LogP contribution in [-0.4, -0.2) is 18.5 Å². The van der Waals surface area contributed by atoms with Crippen LogP contribution in [0.2, 0.25) is 0 Å². The number of hydrogen-bond donors (Lipinski definition) is 2. The molecule has 4 heteroatoms. The van der Waals surface area contributed by atoms with E-state index in [0.29, 0.717) is 12.0 Å². The summed E-state index contributed by atoms with van der Waals surface area (Å²) >= 11 is 0. The van der Waals surface area contributed by atoms with Gasteiger partial charge in [-0.3, -0.25) is 4.79 Å². The molecule has 2 atom stereocenters.